The van der Waals surface area contributed by atoms with Gasteiger partial charge >= 0.3 is 5.97 Å². The van der Waals surface area contributed by atoms with Gasteiger partial charge in [-0.1, -0.05) is 72.4 Å². The van der Waals surface area contributed by atoms with Crippen molar-refractivity contribution in [3.05, 3.63) is 95.6 Å². The van der Waals surface area contributed by atoms with Gasteiger partial charge in [-0.15, -0.1) is 0 Å². The summed E-state index contributed by atoms with van der Waals surface area (Å²) in [5.41, 5.74) is 4.51. The molecule has 4 aromatic rings. The monoisotopic (exact) mass is 388 g/mol. The number of thioether (sulfide) groups is 1. The summed E-state index contributed by atoms with van der Waals surface area (Å²) in [5.74, 6) is -0.328. The van der Waals surface area contributed by atoms with E-state index in [1.807, 2.05) is 36.4 Å². The minimum absolute atomic E-state index is 0.349. The zero-order chi connectivity index (χ0) is 19.3. The van der Waals surface area contributed by atoms with Gasteiger partial charge in [-0.05, 0) is 35.7 Å². The molecule has 0 saturated heterocycles. The largest absolute Gasteiger partial charge is 0.478 e. The van der Waals surface area contributed by atoms with Crippen LogP contribution in [0.25, 0.3) is 11.0 Å². The van der Waals surface area contributed by atoms with Gasteiger partial charge in [0.05, 0.1) is 16.6 Å². The number of aromatic carboxylic acids is 1. The van der Waals surface area contributed by atoms with E-state index in [1.54, 1.807) is 23.9 Å². The van der Waals surface area contributed by atoms with Crippen molar-refractivity contribution >= 4 is 28.8 Å². The molecule has 1 N–H and O–H groups in total. The Labute approximate surface area is 167 Å². The Balaban J connectivity index is 1.61. The summed E-state index contributed by atoms with van der Waals surface area (Å²) in [5, 5.41) is 10.3. The zero-order valence-electron chi connectivity index (χ0n) is 15.3. The molecule has 28 heavy (non-hydrogen) atoms. The van der Waals surface area contributed by atoms with Crippen LogP contribution in [0.4, 0.5) is 0 Å². The fraction of sp³-hybridized carbons (Fsp3) is 0.130. The van der Waals surface area contributed by atoms with Gasteiger partial charge in [-0.3, -0.25) is 0 Å². The fourth-order valence-corrected chi connectivity index (χ4v) is 4.31. The van der Waals surface area contributed by atoms with E-state index in [-0.39, 0.29) is 0 Å². The highest BCUT2D eigenvalue weighted by Gasteiger charge is 2.14. The highest BCUT2D eigenvalue weighted by molar-refractivity contribution is 7.98. The summed E-state index contributed by atoms with van der Waals surface area (Å²) in [6, 6.07) is 25.7. The molecule has 5 heteroatoms. The zero-order valence-corrected chi connectivity index (χ0v) is 16.1. The molecule has 4 nitrogen and oxygen atoms in total. The third kappa shape index (κ3) is 3.94. The quantitative estimate of drug-likeness (QED) is 0.438. The molecule has 0 aliphatic rings. The third-order valence-corrected chi connectivity index (χ3v) is 5.72. The van der Waals surface area contributed by atoms with Crippen molar-refractivity contribution in [1.82, 2.24) is 9.55 Å². The number of hydrogen-bond donors (Lipinski definition) is 1. The van der Waals surface area contributed by atoms with Crippen LogP contribution >= 0.6 is 11.8 Å². The van der Waals surface area contributed by atoms with Gasteiger partial charge in [-0.2, -0.15) is 0 Å². The van der Waals surface area contributed by atoms with Gasteiger partial charge in [0.25, 0.3) is 0 Å². The third-order valence-electron chi connectivity index (χ3n) is 4.69. The van der Waals surface area contributed by atoms with E-state index >= 15 is 0 Å². The lowest BCUT2D eigenvalue weighted by Gasteiger charge is -2.10. The average Bonchev–Trinajstić information content (AvgIpc) is 3.09. The Bertz CT molecular complexity index is 1110. The highest BCUT2D eigenvalue weighted by atomic mass is 32.2. The first-order valence-electron chi connectivity index (χ1n) is 9.15. The second-order valence-corrected chi connectivity index (χ2v) is 7.46. The molecule has 0 saturated carbocycles. The molecule has 1 heterocycles. The molecule has 0 unspecified atom stereocenters. The number of carbonyl (C=O) groups is 1. The number of aryl methyl sites for hydroxylation is 2. The molecule has 0 aliphatic carbocycles. The Morgan fingerprint density at radius 3 is 2.46 bits per heavy atom. The van der Waals surface area contributed by atoms with Crippen molar-refractivity contribution in [3.63, 3.8) is 0 Å². The molecule has 0 bridgehead atoms. The van der Waals surface area contributed by atoms with Crippen molar-refractivity contribution in [3.8, 4) is 0 Å². The average molecular weight is 388 g/mol. The van der Waals surface area contributed by atoms with E-state index in [0.717, 1.165) is 34.7 Å². The van der Waals surface area contributed by atoms with E-state index < -0.39 is 5.97 Å². The Hall–Kier alpha value is -3.05. The van der Waals surface area contributed by atoms with Crippen LogP contribution in [-0.2, 0) is 18.7 Å². The molecule has 4 rings (SSSR count). The first kappa shape index (κ1) is 18.3. The van der Waals surface area contributed by atoms with Crippen molar-refractivity contribution in [1.29, 1.82) is 0 Å². The van der Waals surface area contributed by atoms with Crippen molar-refractivity contribution in [2.75, 3.05) is 0 Å². The predicted octanol–water partition coefficient (Wildman–Crippen LogP) is 5.27. The van der Waals surface area contributed by atoms with Crippen molar-refractivity contribution in [2.45, 2.75) is 23.9 Å². The molecule has 0 radical (unpaired) electrons. The van der Waals surface area contributed by atoms with Crippen molar-refractivity contribution < 1.29 is 9.90 Å². The molecule has 0 fully saturated rings. The number of imidazole rings is 1. The van der Waals surface area contributed by atoms with Crippen molar-refractivity contribution in [2.24, 2.45) is 0 Å². The second kappa shape index (κ2) is 8.31. The van der Waals surface area contributed by atoms with Crippen LogP contribution in [0, 0.1) is 0 Å². The van der Waals surface area contributed by atoms with Gasteiger partial charge in [0.1, 0.15) is 0 Å². The minimum atomic E-state index is -0.895. The number of rotatable bonds is 7. The standard InChI is InChI=1S/C23H20N2O2S/c26-22(27)19-11-5-4-10-18(19)16-28-23-24-20-12-6-7-13-21(20)25(23)15-14-17-8-2-1-3-9-17/h1-13H,14-16H2,(H,26,27). The van der Waals surface area contributed by atoms with Gasteiger partial charge < -0.3 is 9.67 Å². The molecule has 0 spiro atoms. The predicted molar refractivity (Wildman–Crippen MR) is 113 cm³/mol. The molecule has 1 aromatic heterocycles. The molecule has 0 amide bonds. The number of hydrogen-bond acceptors (Lipinski definition) is 3. The van der Waals surface area contributed by atoms with Gasteiger partial charge in [0.2, 0.25) is 0 Å². The summed E-state index contributed by atoms with van der Waals surface area (Å²) in [4.78, 5) is 16.3. The van der Waals surface area contributed by atoms with Crippen LogP contribution in [0.2, 0.25) is 0 Å². The molecular formula is C23H20N2O2S. The molecule has 140 valence electrons. The number of carboxylic acid groups (broad SMARTS) is 1. The fourth-order valence-electron chi connectivity index (χ4n) is 3.26. The summed E-state index contributed by atoms with van der Waals surface area (Å²) in [7, 11) is 0. The lowest BCUT2D eigenvalue weighted by molar-refractivity contribution is 0.0696. The number of aromatic nitrogens is 2. The van der Waals surface area contributed by atoms with E-state index in [1.165, 1.54) is 5.56 Å². The topological polar surface area (TPSA) is 55.1 Å². The normalized spacial score (nSPS) is 11.0. The first-order valence-corrected chi connectivity index (χ1v) is 10.1. The SMILES string of the molecule is O=C(O)c1ccccc1CSc1nc2ccccc2n1CCc1ccccc1. The van der Waals surface area contributed by atoms with Gasteiger partial charge in [0, 0.05) is 12.3 Å². The maximum Gasteiger partial charge on any atom is 0.335 e. The maximum atomic E-state index is 11.5. The van der Waals surface area contributed by atoms with Crippen LogP contribution in [0.15, 0.2) is 84.0 Å². The van der Waals surface area contributed by atoms with Crippen LogP contribution in [-0.4, -0.2) is 20.6 Å². The summed E-state index contributed by atoms with van der Waals surface area (Å²) >= 11 is 1.58. The molecular weight excluding hydrogens is 368 g/mol. The molecule has 0 aliphatic heterocycles. The smallest absolute Gasteiger partial charge is 0.335 e. The Kier molecular flexibility index (Phi) is 5.44. The first-order chi connectivity index (χ1) is 13.7. The number of nitrogens with zero attached hydrogens (tertiary/aromatic N) is 2. The number of para-hydroxylation sites is 2. The van der Waals surface area contributed by atoms with Crippen LogP contribution in [0.3, 0.4) is 0 Å². The second-order valence-electron chi connectivity index (χ2n) is 6.52. The minimum Gasteiger partial charge on any atom is -0.478 e. The van der Waals surface area contributed by atoms with E-state index in [9.17, 15) is 9.90 Å². The van der Waals surface area contributed by atoms with E-state index in [2.05, 4.69) is 34.9 Å². The van der Waals surface area contributed by atoms with Gasteiger partial charge in [-0.25, -0.2) is 9.78 Å². The van der Waals surface area contributed by atoms with Crippen LogP contribution in [0.1, 0.15) is 21.5 Å². The number of fused-ring (bicyclic) bond motifs is 1. The Morgan fingerprint density at radius 2 is 1.64 bits per heavy atom. The molecule has 3 aromatic carbocycles. The highest BCUT2D eigenvalue weighted by Crippen LogP contribution is 2.28. The summed E-state index contributed by atoms with van der Waals surface area (Å²) in [6.45, 7) is 0.827. The van der Waals surface area contributed by atoms with Gasteiger partial charge in [0.15, 0.2) is 5.16 Å². The summed E-state index contributed by atoms with van der Waals surface area (Å²) in [6.07, 6.45) is 0.917. The van der Waals surface area contributed by atoms with Crippen LogP contribution < -0.4 is 0 Å². The van der Waals surface area contributed by atoms with E-state index in [4.69, 9.17) is 4.98 Å². The lowest BCUT2D eigenvalue weighted by atomic mass is 10.1. The summed E-state index contributed by atoms with van der Waals surface area (Å²) < 4.78 is 2.23. The maximum absolute atomic E-state index is 11.5. The van der Waals surface area contributed by atoms with Crippen LogP contribution in [0.5, 0.6) is 0 Å². The Morgan fingerprint density at radius 1 is 0.929 bits per heavy atom. The van der Waals surface area contributed by atoms with E-state index in [0.29, 0.717) is 11.3 Å². The number of benzene rings is 3. The molecule has 0 atom stereocenters. The lowest BCUT2D eigenvalue weighted by Crippen LogP contribution is -2.04. The number of carboxylic acids is 1.